The molecule has 0 spiro atoms. The van der Waals surface area contributed by atoms with Crippen molar-refractivity contribution in [1.82, 2.24) is 4.90 Å². The zero-order valence-electron chi connectivity index (χ0n) is 10.1. The standard InChI is InChI=1S/C13H21NO2/c1-3-14(9-4-10-15)11-12-5-7-13(16-2)8-6-12/h5-8,15H,3-4,9-11H2,1-2H3. The van der Waals surface area contributed by atoms with Crippen LogP contribution in [0.4, 0.5) is 0 Å². The third kappa shape index (κ3) is 4.21. The molecular formula is C13H21NO2. The molecule has 1 aromatic carbocycles. The molecule has 0 unspecified atom stereocenters. The second-order valence-corrected chi connectivity index (χ2v) is 3.79. The SMILES string of the molecule is CCN(CCCO)Cc1ccc(OC)cc1. The van der Waals surface area contributed by atoms with Crippen LogP contribution in [0, 0.1) is 0 Å². The van der Waals surface area contributed by atoms with Crippen LogP contribution in [0.2, 0.25) is 0 Å². The van der Waals surface area contributed by atoms with Crippen molar-refractivity contribution in [2.75, 3.05) is 26.8 Å². The maximum absolute atomic E-state index is 8.80. The predicted molar refractivity (Wildman–Crippen MR) is 65.6 cm³/mol. The van der Waals surface area contributed by atoms with Crippen LogP contribution in [0.1, 0.15) is 18.9 Å². The lowest BCUT2D eigenvalue weighted by atomic mass is 10.2. The molecule has 0 atom stereocenters. The van der Waals surface area contributed by atoms with Crippen molar-refractivity contribution in [1.29, 1.82) is 0 Å². The zero-order chi connectivity index (χ0) is 11.8. The van der Waals surface area contributed by atoms with Crippen molar-refractivity contribution in [3.8, 4) is 5.75 Å². The van der Waals surface area contributed by atoms with E-state index in [0.717, 1.165) is 31.8 Å². The van der Waals surface area contributed by atoms with Crippen LogP contribution < -0.4 is 4.74 Å². The Labute approximate surface area is 97.7 Å². The molecule has 0 bridgehead atoms. The van der Waals surface area contributed by atoms with Gasteiger partial charge in [-0.3, -0.25) is 4.90 Å². The Kier molecular flexibility index (Phi) is 5.90. The molecule has 1 rings (SSSR count). The minimum absolute atomic E-state index is 0.263. The number of methoxy groups -OCH3 is 1. The number of rotatable bonds is 7. The van der Waals surface area contributed by atoms with Gasteiger partial charge in [0.2, 0.25) is 0 Å². The summed E-state index contributed by atoms with van der Waals surface area (Å²) in [6.07, 6.45) is 0.837. The molecule has 0 saturated heterocycles. The van der Waals surface area contributed by atoms with E-state index in [9.17, 15) is 0 Å². The monoisotopic (exact) mass is 223 g/mol. The van der Waals surface area contributed by atoms with Crippen LogP contribution in [0.3, 0.4) is 0 Å². The lowest BCUT2D eigenvalue weighted by Gasteiger charge is -2.19. The second kappa shape index (κ2) is 7.25. The molecule has 0 saturated carbocycles. The van der Waals surface area contributed by atoms with Gasteiger partial charge in [0.25, 0.3) is 0 Å². The third-order valence-corrected chi connectivity index (χ3v) is 2.64. The summed E-state index contributed by atoms with van der Waals surface area (Å²) in [4.78, 5) is 2.32. The first-order valence-electron chi connectivity index (χ1n) is 5.76. The highest BCUT2D eigenvalue weighted by molar-refractivity contribution is 5.27. The minimum Gasteiger partial charge on any atom is -0.497 e. The maximum Gasteiger partial charge on any atom is 0.118 e. The molecule has 90 valence electrons. The summed E-state index contributed by atoms with van der Waals surface area (Å²) in [5.74, 6) is 0.891. The fraction of sp³-hybridized carbons (Fsp3) is 0.538. The smallest absolute Gasteiger partial charge is 0.118 e. The van der Waals surface area contributed by atoms with Crippen LogP contribution in [0.25, 0.3) is 0 Å². The highest BCUT2D eigenvalue weighted by atomic mass is 16.5. The quantitative estimate of drug-likeness (QED) is 0.766. The predicted octanol–water partition coefficient (Wildman–Crippen LogP) is 1.90. The van der Waals surface area contributed by atoms with Gasteiger partial charge in [0.1, 0.15) is 5.75 Å². The lowest BCUT2D eigenvalue weighted by molar-refractivity contribution is 0.225. The molecule has 0 fully saturated rings. The Morgan fingerprint density at radius 2 is 1.94 bits per heavy atom. The van der Waals surface area contributed by atoms with Gasteiger partial charge in [-0.05, 0) is 30.7 Å². The van der Waals surface area contributed by atoms with Gasteiger partial charge in [0, 0.05) is 19.7 Å². The van der Waals surface area contributed by atoms with Gasteiger partial charge in [0.05, 0.1) is 7.11 Å². The van der Waals surface area contributed by atoms with E-state index in [1.165, 1.54) is 5.56 Å². The van der Waals surface area contributed by atoms with E-state index in [-0.39, 0.29) is 6.61 Å². The molecule has 1 aromatic rings. The summed E-state index contributed by atoms with van der Waals surface area (Å²) in [6, 6.07) is 8.13. The number of ether oxygens (including phenoxy) is 1. The molecular weight excluding hydrogens is 202 g/mol. The first-order valence-corrected chi connectivity index (χ1v) is 5.76. The minimum atomic E-state index is 0.263. The Hall–Kier alpha value is -1.06. The van der Waals surface area contributed by atoms with Gasteiger partial charge in [-0.2, -0.15) is 0 Å². The molecule has 16 heavy (non-hydrogen) atoms. The van der Waals surface area contributed by atoms with Gasteiger partial charge in [-0.15, -0.1) is 0 Å². The maximum atomic E-state index is 8.80. The Bertz CT molecular complexity index is 284. The fourth-order valence-electron chi connectivity index (χ4n) is 1.63. The normalized spacial score (nSPS) is 10.8. The number of hydrogen-bond acceptors (Lipinski definition) is 3. The molecule has 0 aliphatic rings. The zero-order valence-corrected chi connectivity index (χ0v) is 10.1. The fourth-order valence-corrected chi connectivity index (χ4v) is 1.63. The molecule has 3 heteroatoms. The van der Waals surface area contributed by atoms with Crippen molar-refractivity contribution in [3.63, 3.8) is 0 Å². The largest absolute Gasteiger partial charge is 0.497 e. The van der Waals surface area contributed by atoms with E-state index in [2.05, 4.69) is 24.0 Å². The van der Waals surface area contributed by atoms with Gasteiger partial charge < -0.3 is 9.84 Å². The lowest BCUT2D eigenvalue weighted by Crippen LogP contribution is -2.24. The average molecular weight is 223 g/mol. The van der Waals surface area contributed by atoms with Crippen molar-refractivity contribution in [3.05, 3.63) is 29.8 Å². The number of aliphatic hydroxyl groups is 1. The molecule has 0 amide bonds. The van der Waals surface area contributed by atoms with E-state index in [0.29, 0.717) is 0 Å². The van der Waals surface area contributed by atoms with Crippen molar-refractivity contribution in [2.24, 2.45) is 0 Å². The number of hydrogen-bond donors (Lipinski definition) is 1. The molecule has 0 radical (unpaired) electrons. The molecule has 0 aromatic heterocycles. The Morgan fingerprint density at radius 1 is 1.25 bits per heavy atom. The number of nitrogens with zero attached hydrogens (tertiary/aromatic N) is 1. The van der Waals surface area contributed by atoms with Crippen LogP contribution >= 0.6 is 0 Å². The highest BCUT2D eigenvalue weighted by Gasteiger charge is 2.03. The Balaban J connectivity index is 2.49. The Morgan fingerprint density at radius 3 is 2.44 bits per heavy atom. The molecule has 0 heterocycles. The summed E-state index contributed by atoms with van der Waals surface area (Å²) < 4.78 is 5.12. The molecule has 0 aliphatic heterocycles. The third-order valence-electron chi connectivity index (χ3n) is 2.64. The second-order valence-electron chi connectivity index (χ2n) is 3.79. The van der Waals surface area contributed by atoms with E-state index in [1.807, 2.05) is 12.1 Å². The molecule has 3 nitrogen and oxygen atoms in total. The summed E-state index contributed by atoms with van der Waals surface area (Å²) >= 11 is 0. The van der Waals surface area contributed by atoms with Gasteiger partial charge in [-0.1, -0.05) is 19.1 Å². The van der Waals surface area contributed by atoms with E-state index >= 15 is 0 Å². The van der Waals surface area contributed by atoms with Crippen LogP contribution in [-0.4, -0.2) is 36.8 Å². The molecule has 0 aliphatic carbocycles. The topological polar surface area (TPSA) is 32.7 Å². The molecule has 1 N–H and O–H groups in total. The van der Waals surface area contributed by atoms with Gasteiger partial charge >= 0.3 is 0 Å². The summed E-state index contributed by atoms with van der Waals surface area (Å²) in [5, 5.41) is 8.80. The summed E-state index contributed by atoms with van der Waals surface area (Å²) in [5.41, 5.74) is 1.28. The van der Waals surface area contributed by atoms with Gasteiger partial charge in [0.15, 0.2) is 0 Å². The number of benzene rings is 1. The first-order chi connectivity index (χ1) is 7.80. The number of aliphatic hydroxyl groups excluding tert-OH is 1. The average Bonchev–Trinajstić information content (AvgIpc) is 2.35. The van der Waals surface area contributed by atoms with Crippen molar-refractivity contribution >= 4 is 0 Å². The van der Waals surface area contributed by atoms with E-state index in [1.54, 1.807) is 7.11 Å². The van der Waals surface area contributed by atoms with E-state index < -0.39 is 0 Å². The first kappa shape index (κ1) is 13.0. The van der Waals surface area contributed by atoms with Crippen molar-refractivity contribution < 1.29 is 9.84 Å². The van der Waals surface area contributed by atoms with E-state index in [4.69, 9.17) is 9.84 Å². The van der Waals surface area contributed by atoms with Crippen LogP contribution in [0.15, 0.2) is 24.3 Å². The van der Waals surface area contributed by atoms with Crippen molar-refractivity contribution in [2.45, 2.75) is 19.9 Å². The van der Waals surface area contributed by atoms with Crippen LogP contribution in [0.5, 0.6) is 5.75 Å². The van der Waals surface area contributed by atoms with Gasteiger partial charge in [-0.25, -0.2) is 0 Å². The highest BCUT2D eigenvalue weighted by Crippen LogP contribution is 2.12. The van der Waals surface area contributed by atoms with Crippen LogP contribution in [-0.2, 0) is 6.54 Å². The summed E-state index contributed by atoms with van der Waals surface area (Å²) in [6.45, 7) is 5.28. The summed E-state index contributed by atoms with van der Waals surface area (Å²) in [7, 11) is 1.68.